The molecule has 1 aliphatic heterocycles. The molecular formula is C19H40N2O6. The average Bonchev–Trinajstić information content (AvgIpc) is 2.64. The second-order valence-corrected chi connectivity index (χ2v) is 7.61. The summed E-state index contributed by atoms with van der Waals surface area (Å²) in [5.41, 5.74) is -0.149. The van der Waals surface area contributed by atoms with E-state index >= 15 is 0 Å². The van der Waals surface area contributed by atoms with Crippen LogP contribution in [0.4, 0.5) is 0 Å². The Morgan fingerprint density at radius 2 is 1.07 bits per heavy atom. The molecule has 0 aromatic rings. The molecule has 0 spiro atoms. The maximum atomic E-state index is 9.52. The summed E-state index contributed by atoms with van der Waals surface area (Å²) in [6, 6.07) is 0. The van der Waals surface area contributed by atoms with Gasteiger partial charge in [0.15, 0.2) is 0 Å². The lowest BCUT2D eigenvalue weighted by atomic mass is 9.94. The van der Waals surface area contributed by atoms with Crippen molar-refractivity contribution < 1.29 is 29.2 Å². The molecule has 2 N–H and O–H groups in total. The van der Waals surface area contributed by atoms with Crippen molar-refractivity contribution in [3.8, 4) is 0 Å². The van der Waals surface area contributed by atoms with Crippen molar-refractivity contribution in [3.63, 3.8) is 0 Å². The van der Waals surface area contributed by atoms with E-state index in [9.17, 15) is 5.11 Å². The van der Waals surface area contributed by atoms with Crippen LogP contribution in [0.1, 0.15) is 13.8 Å². The van der Waals surface area contributed by atoms with Crippen LogP contribution in [0.2, 0.25) is 0 Å². The van der Waals surface area contributed by atoms with E-state index in [2.05, 4.69) is 23.6 Å². The molecule has 1 fully saturated rings. The molecule has 8 nitrogen and oxygen atoms in total. The summed E-state index contributed by atoms with van der Waals surface area (Å²) in [6.45, 7) is 13.7. The first-order valence-electron chi connectivity index (χ1n) is 10.0. The number of aliphatic hydroxyl groups is 2. The van der Waals surface area contributed by atoms with Gasteiger partial charge in [-0.3, -0.25) is 9.80 Å². The molecule has 1 rings (SSSR count). The first-order chi connectivity index (χ1) is 13.1. The van der Waals surface area contributed by atoms with E-state index in [0.29, 0.717) is 59.4 Å². The Labute approximate surface area is 164 Å². The highest BCUT2D eigenvalue weighted by Gasteiger charge is 2.20. The fourth-order valence-corrected chi connectivity index (χ4v) is 2.82. The van der Waals surface area contributed by atoms with Gasteiger partial charge in [-0.05, 0) is 0 Å². The van der Waals surface area contributed by atoms with Crippen LogP contribution in [-0.4, -0.2) is 125 Å². The first kappa shape index (κ1) is 24.7. The number of β-amino-alcohol motifs (C(OH)–C–C–N with tert-alkyl or cyclic N) is 1. The number of nitrogens with zero attached hydrogens (tertiary/aromatic N) is 2. The zero-order valence-electron chi connectivity index (χ0n) is 17.2. The predicted molar refractivity (Wildman–Crippen MR) is 104 cm³/mol. The minimum absolute atomic E-state index is 0.135. The summed E-state index contributed by atoms with van der Waals surface area (Å²) in [5, 5.41) is 18.7. The Balaban J connectivity index is 2.40. The van der Waals surface area contributed by atoms with Crippen molar-refractivity contribution in [1.82, 2.24) is 9.80 Å². The summed E-state index contributed by atoms with van der Waals surface area (Å²) >= 11 is 0. The number of rotatable bonds is 5. The van der Waals surface area contributed by atoms with Crippen LogP contribution in [0.5, 0.6) is 0 Å². The van der Waals surface area contributed by atoms with Gasteiger partial charge in [0.25, 0.3) is 0 Å². The molecule has 0 bridgehead atoms. The second-order valence-electron chi connectivity index (χ2n) is 7.61. The van der Waals surface area contributed by atoms with E-state index in [1.807, 2.05) is 0 Å². The number of hydrogen-bond donors (Lipinski definition) is 2. The molecule has 0 aliphatic carbocycles. The lowest BCUT2D eigenvalue weighted by Gasteiger charge is -2.31. The van der Waals surface area contributed by atoms with Crippen LogP contribution in [0.25, 0.3) is 0 Å². The largest absolute Gasteiger partial charge is 0.396 e. The molecule has 0 aromatic heterocycles. The normalized spacial score (nSPS) is 22.2. The Morgan fingerprint density at radius 3 is 1.44 bits per heavy atom. The SMILES string of the molecule is CC(C)(CO)CN1CCOCCOCCN(CCO)CCOCCOCC1. The van der Waals surface area contributed by atoms with Gasteiger partial charge in [-0.15, -0.1) is 0 Å². The topological polar surface area (TPSA) is 83.9 Å². The molecular weight excluding hydrogens is 352 g/mol. The van der Waals surface area contributed by atoms with Crippen molar-refractivity contribution in [1.29, 1.82) is 0 Å². The van der Waals surface area contributed by atoms with Crippen molar-refractivity contribution in [2.45, 2.75) is 13.8 Å². The Kier molecular flexibility index (Phi) is 14.3. The van der Waals surface area contributed by atoms with Crippen LogP contribution in [0.15, 0.2) is 0 Å². The molecule has 8 heteroatoms. The third-order valence-electron chi connectivity index (χ3n) is 4.45. The van der Waals surface area contributed by atoms with Crippen molar-refractivity contribution >= 4 is 0 Å². The van der Waals surface area contributed by atoms with Crippen LogP contribution in [-0.2, 0) is 18.9 Å². The number of aliphatic hydroxyl groups excluding tert-OH is 2. The number of ether oxygens (including phenoxy) is 4. The van der Waals surface area contributed by atoms with E-state index < -0.39 is 0 Å². The molecule has 0 atom stereocenters. The summed E-state index contributed by atoms with van der Waals surface area (Å²) in [6.07, 6.45) is 0. The fourth-order valence-electron chi connectivity index (χ4n) is 2.82. The number of hydrogen-bond acceptors (Lipinski definition) is 8. The second kappa shape index (κ2) is 15.6. The van der Waals surface area contributed by atoms with E-state index in [1.54, 1.807) is 0 Å². The summed E-state index contributed by atoms with van der Waals surface area (Å²) < 4.78 is 22.6. The minimum Gasteiger partial charge on any atom is -0.396 e. The summed E-state index contributed by atoms with van der Waals surface area (Å²) in [4.78, 5) is 4.40. The molecule has 1 aliphatic rings. The molecule has 27 heavy (non-hydrogen) atoms. The highest BCUT2D eigenvalue weighted by Crippen LogP contribution is 2.15. The summed E-state index contributed by atoms with van der Waals surface area (Å²) in [7, 11) is 0. The van der Waals surface area contributed by atoms with Gasteiger partial charge in [0.1, 0.15) is 0 Å². The molecule has 0 amide bonds. The van der Waals surface area contributed by atoms with E-state index in [0.717, 1.165) is 32.7 Å². The van der Waals surface area contributed by atoms with Gasteiger partial charge in [0.05, 0.1) is 59.5 Å². The van der Waals surface area contributed by atoms with Crippen molar-refractivity contribution in [2.24, 2.45) is 5.41 Å². The first-order valence-corrected chi connectivity index (χ1v) is 10.0. The maximum Gasteiger partial charge on any atom is 0.0701 e. The van der Waals surface area contributed by atoms with Crippen LogP contribution >= 0.6 is 0 Å². The van der Waals surface area contributed by atoms with Gasteiger partial charge < -0.3 is 29.2 Å². The van der Waals surface area contributed by atoms with Gasteiger partial charge in [-0.25, -0.2) is 0 Å². The van der Waals surface area contributed by atoms with Crippen LogP contribution in [0.3, 0.4) is 0 Å². The minimum atomic E-state index is -0.149. The third-order valence-corrected chi connectivity index (χ3v) is 4.45. The van der Waals surface area contributed by atoms with Crippen molar-refractivity contribution in [2.75, 3.05) is 105 Å². The van der Waals surface area contributed by atoms with E-state index in [1.165, 1.54) is 0 Å². The zero-order valence-corrected chi connectivity index (χ0v) is 17.2. The molecule has 1 heterocycles. The van der Waals surface area contributed by atoms with Gasteiger partial charge >= 0.3 is 0 Å². The van der Waals surface area contributed by atoms with Crippen LogP contribution in [0, 0.1) is 5.41 Å². The smallest absolute Gasteiger partial charge is 0.0701 e. The Morgan fingerprint density at radius 1 is 0.667 bits per heavy atom. The van der Waals surface area contributed by atoms with Gasteiger partial charge in [0, 0.05) is 51.3 Å². The molecule has 162 valence electrons. The van der Waals surface area contributed by atoms with Gasteiger partial charge in [0.2, 0.25) is 0 Å². The molecule has 0 radical (unpaired) electrons. The van der Waals surface area contributed by atoms with Crippen LogP contribution < -0.4 is 0 Å². The molecule has 0 saturated carbocycles. The lowest BCUT2D eigenvalue weighted by molar-refractivity contribution is -0.000209. The maximum absolute atomic E-state index is 9.52. The lowest BCUT2D eigenvalue weighted by Crippen LogP contribution is -2.40. The average molecular weight is 393 g/mol. The van der Waals surface area contributed by atoms with Gasteiger partial charge in [-0.1, -0.05) is 13.8 Å². The Bertz CT molecular complexity index is 326. The third kappa shape index (κ3) is 13.5. The highest BCUT2D eigenvalue weighted by molar-refractivity contribution is 4.73. The van der Waals surface area contributed by atoms with Crippen molar-refractivity contribution in [3.05, 3.63) is 0 Å². The standard InChI is InChI=1S/C19H40N2O6/c1-19(2,18-23)17-21-6-11-26-15-13-24-9-4-20(3-8-22)5-10-25-14-16-27-12-7-21/h22-23H,3-18H2,1-2H3. The highest BCUT2D eigenvalue weighted by atomic mass is 16.5. The molecule has 1 saturated heterocycles. The quantitative estimate of drug-likeness (QED) is 0.659. The van der Waals surface area contributed by atoms with Gasteiger partial charge in [-0.2, -0.15) is 0 Å². The van der Waals surface area contributed by atoms with E-state index in [4.69, 9.17) is 24.1 Å². The molecule has 0 aromatic carbocycles. The predicted octanol–water partition coefficient (Wildman–Crippen LogP) is -0.319. The summed E-state index contributed by atoms with van der Waals surface area (Å²) in [5.74, 6) is 0. The molecule has 0 unspecified atom stereocenters. The zero-order chi connectivity index (χ0) is 19.8. The fraction of sp³-hybridized carbons (Fsp3) is 1.00. The monoisotopic (exact) mass is 392 g/mol. The Hall–Kier alpha value is -0.320. The van der Waals surface area contributed by atoms with E-state index in [-0.39, 0.29) is 18.6 Å².